The molecule has 1 fully saturated rings. The Morgan fingerprint density at radius 2 is 1.98 bits per heavy atom. The first kappa shape index (κ1) is 24.3. The van der Waals surface area contributed by atoms with Gasteiger partial charge in [-0.3, -0.25) is 9.59 Å². The molecule has 0 saturated heterocycles. The van der Waals surface area contributed by atoms with Crippen molar-refractivity contribution in [3.63, 3.8) is 0 Å². The lowest BCUT2D eigenvalue weighted by Crippen LogP contribution is -2.34. The van der Waals surface area contributed by atoms with E-state index in [9.17, 15) is 14.4 Å². The second kappa shape index (κ2) is 12.0. The van der Waals surface area contributed by atoms with Crippen molar-refractivity contribution in [2.75, 3.05) is 31.3 Å². The summed E-state index contributed by atoms with van der Waals surface area (Å²) in [5.74, 6) is -0.890. The Morgan fingerprint density at radius 3 is 2.67 bits per heavy atom. The number of anilines is 3. The van der Waals surface area contributed by atoms with Crippen molar-refractivity contribution in [1.29, 1.82) is 0 Å². The van der Waals surface area contributed by atoms with E-state index in [4.69, 9.17) is 13.6 Å². The first-order valence-corrected chi connectivity index (χ1v) is 12.5. The van der Waals surface area contributed by atoms with Crippen LogP contribution < -0.4 is 26.0 Å². The highest BCUT2D eigenvalue weighted by molar-refractivity contribution is 6.00. The van der Waals surface area contributed by atoms with E-state index in [-0.39, 0.29) is 42.1 Å². The molecule has 4 rings (SSSR count). The van der Waals surface area contributed by atoms with E-state index in [1.54, 1.807) is 39.0 Å². The molecule has 0 aliphatic heterocycles. The molecule has 14 heteroatoms. The maximum Gasteiger partial charge on any atom is 0.407 e. The van der Waals surface area contributed by atoms with Crippen LogP contribution in [-0.2, 0) is 16.1 Å². The third kappa shape index (κ3) is 7.21. The fourth-order valence-corrected chi connectivity index (χ4v) is 3.65. The van der Waals surface area contributed by atoms with Gasteiger partial charge in [0.1, 0.15) is 11.3 Å². The first-order valence-electron chi connectivity index (χ1n) is 14.0. The highest BCUT2D eigenvalue weighted by Crippen LogP contribution is 2.37. The van der Waals surface area contributed by atoms with Crippen LogP contribution in [0.3, 0.4) is 0 Å². The molecule has 1 aliphatic carbocycles. The molecule has 0 radical (unpaired) electrons. The smallest absolute Gasteiger partial charge is 0.407 e. The van der Waals surface area contributed by atoms with Crippen molar-refractivity contribution in [2.24, 2.45) is 5.92 Å². The Bertz CT molecular complexity index is 1500. The van der Waals surface area contributed by atoms with Crippen LogP contribution in [0.5, 0.6) is 5.75 Å². The van der Waals surface area contributed by atoms with E-state index >= 15 is 0 Å². The van der Waals surface area contributed by atoms with Gasteiger partial charge in [-0.2, -0.15) is 15.0 Å². The zero-order valence-electron chi connectivity index (χ0n) is 25.6. The minimum Gasteiger partial charge on any atom is -0.494 e. The van der Waals surface area contributed by atoms with Gasteiger partial charge in [0.2, 0.25) is 5.91 Å². The average molecular weight is 555 g/mol. The van der Waals surface area contributed by atoms with Crippen molar-refractivity contribution in [3.8, 4) is 17.0 Å². The Labute approximate surface area is 235 Å². The van der Waals surface area contributed by atoms with Gasteiger partial charge in [-0.25, -0.2) is 4.79 Å². The lowest BCUT2D eigenvalue weighted by atomic mass is 10.1. The SMILES string of the molecule is [2H]C([2H])([2H])NC(=O)c1nnc(NC(=O)C2CC2)cc1Nc1cccc(-c2cnn(CCNC(=O)OC(C)(C)C)n2)c1OC. The number of amides is 3. The van der Waals surface area contributed by atoms with Crippen LogP contribution in [0.25, 0.3) is 11.3 Å². The lowest BCUT2D eigenvalue weighted by Gasteiger charge is -2.19. The Balaban J connectivity index is 1.57. The Hall–Kier alpha value is -4.75. The van der Waals surface area contributed by atoms with Gasteiger partial charge in [-0.15, -0.1) is 10.2 Å². The molecular weight excluding hydrogens is 518 g/mol. The quantitative estimate of drug-likeness (QED) is 0.292. The second-order valence-electron chi connectivity index (χ2n) is 9.98. The number of methoxy groups -OCH3 is 1. The molecule has 14 nitrogen and oxygen atoms in total. The fraction of sp³-hybridized carbons (Fsp3) is 0.423. The third-order valence-electron chi connectivity index (χ3n) is 5.60. The average Bonchev–Trinajstić information content (AvgIpc) is 3.65. The standard InChI is InChI=1S/C26H33N9O5/c1-26(2,3)40-25(38)28-11-12-35-29-14-19(34-35)16-7-6-8-17(22(16)39-5)30-18-13-20(31-23(36)15-9-10-15)32-33-21(18)24(37)27-4/h6-8,13-15H,9-12H2,1-5H3,(H,27,37)(H,28,38)(H2,30,31,32,36)/i4D3. The number of nitrogens with zero attached hydrogens (tertiary/aromatic N) is 5. The summed E-state index contributed by atoms with van der Waals surface area (Å²) < 4.78 is 33.1. The predicted molar refractivity (Wildman–Crippen MR) is 146 cm³/mol. The molecular formula is C26H33N9O5. The fourth-order valence-electron chi connectivity index (χ4n) is 3.65. The minimum atomic E-state index is -2.76. The molecule has 1 aromatic carbocycles. The monoisotopic (exact) mass is 554 g/mol. The number of alkyl carbamates (subject to hydrolysis) is 1. The molecule has 1 aliphatic rings. The number of aromatic nitrogens is 5. The number of carbonyl (C=O) groups is 3. The summed E-state index contributed by atoms with van der Waals surface area (Å²) >= 11 is 0. The Kier molecular flexibility index (Phi) is 7.27. The molecule has 0 unspecified atom stereocenters. The van der Waals surface area contributed by atoms with Gasteiger partial charge >= 0.3 is 6.09 Å². The lowest BCUT2D eigenvalue weighted by molar-refractivity contribution is -0.117. The first-order chi connectivity index (χ1) is 20.2. The number of benzene rings is 1. The van der Waals surface area contributed by atoms with Gasteiger partial charge in [0.15, 0.2) is 17.3 Å². The van der Waals surface area contributed by atoms with Crippen molar-refractivity contribution >= 4 is 35.1 Å². The highest BCUT2D eigenvalue weighted by atomic mass is 16.6. The van der Waals surface area contributed by atoms with Gasteiger partial charge < -0.3 is 30.7 Å². The van der Waals surface area contributed by atoms with E-state index in [0.717, 1.165) is 12.8 Å². The topological polar surface area (TPSA) is 174 Å². The summed E-state index contributed by atoms with van der Waals surface area (Å²) in [7, 11) is 1.45. The maximum absolute atomic E-state index is 12.8. The van der Waals surface area contributed by atoms with Crippen LogP contribution in [-0.4, -0.2) is 69.3 Å². The van der Waals surface area contributed by atoms with Gasteiger partial charge in [-0.05, 0) is 45.7 Å². The van der Waals surface area contributed by atoms with E-state index in [2.05, 4.69) is 36.3 Å². The Morgan fingerprint density at radius 1 is 1.18 bits per heavy atom. The number of carbonyl (C=O) groups excluding carboxylic acids is 3. The van der Waals surface area contributed by atoms with Gasteiger partial charge in [0, 0.05) is 35.2 Å². The number of para-hydroxylation sites is 1. The molecule has 3 aromatic rings. The van der Waals surface area contributed by atoms with E-state index in [0.29, 0.717) is 22.7 Å². The summed E-state index contributed by atoms with van der Waals surface area (Å²) in [6.45, 7) is 3.06. The van der Waals surface area contributed by atoms with E-state index in [1.165, 1.54) is 24.2 Å². The molecule has 0 bridgehead atoms. The number of ether oxygens (including phenoxy) is 2. The van der Waals surface area contributed by atoms with Crippen LogP contribution in [0.2, 0.25) is 0 Å². The van der Waals surface area contributed by atoms with Crippen LogP contribution in [0, 0.1) is 5.92 Å². The third-order valence-corrected chi connectivity index (χ3v) is 5.60. The zero-order valence-corrected chi connectivity index (χ0v) is 22.6. The van der Waals surface area contributed by atoms with Crippen molar-refractivity contribution < 1.29 is 28.0 Å². The zero-order chi connectivity index (χ0) is 31.4. The number of hydrogen-bond donors (Lipinski definition) is 4. The predicted octanol–water partition coefficient (Wildman–Crippen LogP) is 2.72. The number of nitrogens with one attached hydrogen (secondary N) is 4. The molecule has 40 heavy (non-hydrogen) atoms. The molecule has 1 saturated carbocycles. The normalized spacial score (nSPS) is 14.2. The maximum atomic E-state index is 12.8. The summed E-state index contributed by atoms with van der Waals surface area (Å²) in [6.07, 6.45) is 2.54. The van der Waals surface area contributed by atoms with Crippen LogP contribution in [0.1, 0.15) is 48.2 Å². The molecule has 2 heterocycles. The summed E-state index contributed by atoms with van der Waals surface area (Å²) in [4.78, 5) is 38.4. The van der Waals surface area contributed by atoms with Gasteiger partial charge in [0.25, 0.3) is 5.91 Å². The van der Waals surface area contributed by atoms with E-state index in [1.807, 2.05) is 5.32 Å². The molecule has 0 spiro atoms. The highest BCUT2D eigenvalue weighted by Gasteiger charge is 2.30. The summed E-state index contributed by atoms with van der Waals surface area (Å²) in [5, 5.41) is 26.8. The molecule has 4 N–H and O–H groups in total. The summed E-state index contributed by atoms with van der Waals surface area (Å²) in [5.41, 5.74) is 0.554. The number of hydrogen-bond acceptors (Lipinski definition) is 10. The van der Waals surface area contributed by atoms with Crippen molar-refractivity contribution in [1.82, 2.24) is 35.8 Å². The van der Waals surface area contributed by atoms with Crippen LogP contribution >= 0.6 is 0 Å². The van der Waals surface area contributed by atoms with Crippen LogP contribution in [0.4, 0.5) is 22.0 Å². The van der Waals surface area contributed by atoms with Gasteiger partial charge in [-0.1, -0.05) is 6.07 Å². The molecule has 3 amide bonds. The summed E-state index contributed by atoms with van der Waals surface area (Å²) in [6, 6.07) is 6.54. The molecule has 0 atom stereocenters. The van der Waals surface area contributed by atoms with Gasteiger partial charge in [0.05, 0.1) is 31.2 Å². The molecule has 2 aromatic heterocycles. The van der Waals surface area contributed by atoms with Crippen molar-refractivity contribution in [3.05, 3.63) is 36.2 Å². The number of rotatable bonds is 10. The second-order valence-corrected chi connectivity index (χ2v) is 9.98. The largest absolute Gasteiger partial charge is 0.494 e. The minimum absolute atomic E-state index is 0.0789. The molecule has 212 valence electrons. The van der Waals surface area contributed by atoms with Crippen molar-refractivity contribution in [2.45, 2.75) is 45.8 Å². The van der Waals surface area contributed by atoms with E-state index < -0.39 is 24.6 Å². The van der Waals surface area contributed by atoms with Crippen LogP contribution in [0.15, 0.2) is 30.5 Å².